The van der Waals surface area contributed by atoms with Gasteiger partial charge in [-0.25, -0.2) is 0 Å². The molecule has 1 aromatic carbocycles. The number of benzene rings is 1. The molecule has 1 aliphatic heterocycles. The van der Waals surface area contributed by atoms with Crippen molar-refractivity contribution in [2.24, 2.45) is 5.73 Å². The number of nitrogens with two attached hydrogens (primary N) is 1. The summed E-state index contributed by atoms with van der Waals surface area (Å²) in [6.07, 6.45) is 0. The highest BCUT2D eigenvalue weighted by Crippen LogP contribution is 2.24. The maximum absolute atomic E-state index is 5.72. The van der Waals surface area contributed by atoms with Crippen molar-refractivity contribution in [3.05, 3.63) is 29.3 Å². The minimum Gasteiger partial charge on any atom is -0.389 e. The first-order valence-electron chi connectivity index (χ1n) is 6.77. The number of piperazine rings is 1. The molecular formula is C15H23N3S. The summed E-state index contributed by atoms with van der Waals surface area (Å²) < 4.78 is 0. The Labute approximate surface area is 121 Å². The van der Waals surface area contributed by atoms with Gasteiger partial charge in [-0.1, -0.05) is 12.2 Å². The molecule has 4 heteroatoms. The lowest BCUT2D eigenvalue weighted by Gasteiger charge is -2.43. The van der Waals surface area contributed by atoms with E-state index < -0.39 is 0 Å². The highest BCUT2D eigenvalue weighted by molar-refractivity contribution is 7.80. The van der Waals surface area contributed by atoms with Gasteiger partial charge in [-0.2, -0.15) is 0 Å². The molecule has 0 radical (unpaired) electrons. The van der Waals surface area contributed by atoms with E-state index in [1.807, 2.05) is 6.07 Å². The summed E-state index contributed by atoms with van der Waals surface area (Å²) in [7, 11) is 2.20. The topological polar surface area (TPSA) is 32.5 Å². The summed E-state index contributed by atoms with van der Waals surface area (Å²) in [4.78, 5) is 5.36. The Morgan fingerprint density at radius 1 is 1.26 bits per heavy atom. The van der Waals surface area contributed by atoms with Gasteiger partial charge in [0, 0.05) is 36.4 Å². The van der Waals surface area contributed by atoms with E-state index >= 15 is 0 Å². The third-order valence-corrected chi connectivity index (χ3v) is 4.42. The molecule has 1 aromatic rings. The van der Waals surface area contributed by atoms with Crippen molar-refractivity contribution in [3.8, 4) is 0 Å². The highest BCUT2D eigenvalue weighted by Gasteiger charge is 2.26. The van der Waals surface area contributed by atoms with Crippen LogP contribution in [0.5, 0.6) is 0 Å². The average Bonchev–Trinajstić information content (AvgIpc) is 2.34. The van der Waals surface area contributed by atoms with E-state index in [1.54, 1.807) is 0 Å². The van der Waals surface area contributed by atoms with Crippen molar-refractivity contribution >= 4 is 22.9 Å². The molecule has 0 spiro atoms. The molecule has 3 nitrogen and oxygen atoms in total. The summed E-state index contributed by atoms with van der Waals surface area (Å²) in [6.45, 7) is 8.75. The van der Waals surface area contributed by atoms with Crippen molar-refractivity contribution in [1.82, 2.24) is 4.90 Å². The van der Waals surface area contributed by atoms with E-state index in [2.05, 4.69) is 49.8 Å². The fourth-order valence-electron chi connectivity index (χ4n) is 2.74. The quantitative estimate of drug-likeness (QED) is 0.840. The largest absolute Gasteiger partial charge is 0.389 e. The molecule has 2 unspecified atom stereocenters. The van der Waals surface area contributed by atoms with Gasteiger partial charge in [-0.3, -0.25) is 4.90 Å². The maximum Gasteiger partial charge on any atom is 0.104 e. The first-order chi connectivity index (χ1) is 8.90. The fourth-order valence-corrected chi connectivity index (χ4v) is 2.97. The number of nitrogens with zero attached hydrogens (tertiary/aromatic N) is 2. The molecule has 19 heavy (non-hydrogen) atoms. The van der Waals surface area contributed by atoms with Crippen LogP contribution in [0.2, 0.25) is 0 Å². The van der Waals surface area contributed by atoms with Crippen LogP contribution in [0, 0.1) is 6.92 Å². The van der Waals surface area contributed by atoms with Gasteiger partial charge in [-0.05, 0) is 51.6 Å². The van der Waals surface area contributed by atoms with Gasteiger partial charge in [0.2, 0.25) is 0 Å². The third kappa shape index (κ3) is 2.90. The smallest absolute Gasteiger partial charge is 0.104 e. The summed E-state index contributed by atoms with van der Waals surface area (Å²) in [5, 5.41) is 0. The number of hydrogen-bond acceptors (Lipinski definition) is 3. The lowest BCUT2D eigenvalue weighted by Crippen LogP contribution is -2.55. The number of likely N-dealkylation sites (N-methyl/N-ethyl adjacent to an activating group) is 1. The second-order valence-corrected chi connectivity index (χ2v) is 6.07. The molecule has 0 bridgehead atoms. The molecule has 1 fully saturated rings. The number of hydrogen-bond donors (Lipinski definition) is 1. The van der Waals surface area contributed by atoms with E-state index in [1.165, 1.54) is 5.69 Å². The summed E-state index contributed by atoms with van der Waals surface area (Å²) in [5.41, 5.74) is 9.12. The van der Waals surface area contributed by atoms with Crippen LogP contribution in [0.25, 0.3) is 0 Å². The van der Waals surface area contributed by atoms with Crippen LogP contribution >= 0.6 is 12.2 Å². The lowest BCUT2D eigenvalue weighted by atomic mass is 10.0. The zero-order valence-corrected chi connectivity index (χ0v) is 13.0. The first kappa shape index (κ1) is 14.3. The number of thiocarbonyl (C=S) groups is 1. The molecule has 104 valence electrons. The summed E-state index contributed by atoms with van der Waals surface area (Å²) in [6, 6.07) is 7.50. The van der Waals surface area contributed by atoms with Gasteiger partial charge in [-0.15, -0.1) is 0 Å². The Hall–Kier alpha value is -1.13. The molecule has 0 saturated carbocycles. The average molecular weight is 277 g/mol. The Kier molecular flexibility index (Phi) is 4.11. The van der Waals surface area contributed by atoms with Crippen molar-refractivity contribution < 1.29 is 0 Å². The lowest BCUT2D eigenvalue weighted by molar-refractivity contribution is 0.170. The Morgan fingerprint density at radius 3 is 2.32 bits per heavy atom. The van der Waals surface area contributed by atoms with Crippen LogP contribution in [-0.2, 0) is 0 Å². The number of aryl methyl sites for hydroxylation is 1. The third-order valence-electron chi connectivity index (χ3n) is 4.20. The Morgan fingerprint density at radius 2 is 1.84 bits per heavy atom. The normalized spacial score (nSPS) is 24.5. The molecule has 2 atom stereocenters. The van der Waals surface area contributed by atoms with E-state index in [4.69, 9.17) is 18.0 Å². The van der Waals surface area contributed by atoms with Crippen molar-refractivity contribution in [2.75, 3.05) is 25.0 Å². The molecule has 0 aliphatic carbocycles. The zero-order chi connectivity index (χ0) is 14.2. The molecule has 0 aromatic heterocycles. The van der Waals surface area contributed by atoms with Gasteiger partial charge in [0.25, 0.3) is 0 Å². The highest BCUT2D eigenvalue weighted by atomic mass is 32.1. The molecule has 1 saturated heterocycles. The number of anilines is 1. The fraction of sp³-hybridized carbons (Fsp3) is 0.533. The van der Waals surface area contributed by atoms with E-state index in [9.17, 15) is 0 Å². The summed E-state index contributed by atoms with van der Waals surface area (Å²) >= 11 is 5.06. The summed E-state index contributed by atoms with van der Waals surface area (Å²) in [5.74, 6) is 0. The monoisotopic (exact) mass is 277 g/mol. The van der Waals surface area contributed by atoms with Crippen LogP contribution in [0.15, 0.2) is 18.2 Å². The van der Waals surface area contributed by atoms with Gasteiger partial charge in [0.1, 0.15) is 4.99 Å². The van der Waals surface area contributed by atoms with Crippen molar-refractivity contribution in [3.63, 3.8) is 0 Å². The van der Waals surface area contributed by atoms with Gasteiger partial charge >= 0.3 is 0 Å². The van der Waals surface area contributed by atoms with Crippen molar-refractivity contribution in [1.29, 1.82) is 0 Å². The Balaban J connectivity index is 2.23. The van der Waals surface area contributed by atoms with Gasteiger partial charge < -0.3 is 10.6 Å². The predicted molar refractivity (Wildman–Crippen MR) is 86.0 cm³/mol. The van der Waals surface area contributed by atoms with E-state index in [0.29, 0.717) is 17.1 Å². The molecule has 0 amide bonds. The second kappa shape index (κ2) is 5.47. The minimum absolute atomic E-state index is 0.476. The SMILES string of the molecule is Cc1cc(N2CC(C)N(C)C(C)C2)ccc1C(N)=S. The standard InChI is InChI=1S/C15H23N3S/c1-10-7-13(5-6-14(10)15(16)19)18-8-11(2)17(4)12(3)9-18/h5-7,11-12H,8-9H2,1-4H3,(H2,16,19). The molecular weight excluding hydrogens is 254 g/mol. The van der Waals surface area contributed by atoms with Crippen LogP contribution in [0.3, 0.4) is 0 Å². The second-order valence-electron chi connectivity index (χ2n) is 5.63. The Bertz CT molecular complexity index is 474. The minimum atomic E-state index is 0.476. The van der Waals surface area contributed by atoms with E-state index in [-0.39, 0.29) is 0 Å². The van der Waals surface area contributed by atoms with Gasteiger partial charge in [0.15, 0.2) is 0 Å². The van der Waals surface area contributed by atoms with Crippen molar-refractivity contribution in [2.45, 2.75) is 32.9 Å². The zero-order valence-electron chi connectivity index (χ0n) is 12.2. The predicted octanol–water partition coefficient (Wildman–Crippen LogP) is 2.16. The van der Waals surface area contributed by atoms with E-state index in [0.717, 1.165) is 24.2 Å². The van der Waals surface area contributed by atoms with Crippen LogP contribution in [0.4, 0.5) is 5.69 Å². The van der Waals surface area contributed by atoms with Crippen LogP contribution in [0.1, 0.15) is 25.0 Å². The molecule has 2 rings (SSSR count). The van der Waals surface area contributed by atoms with Gasteiger partial charge in [0.05, 0.1) is 0 Å². The molecule has 2 N–H and O–H groups in total. The molecule has 1 aliphatic rings. The maximum atomic E-state index is 5.72. The van der Waals surface area contributed by atoms with Crippen LogP contribution < -0.4 is 10.6 Å². The van der Waals surface area contributed by atoms with Crippen LogP contribution in [-0.4, -0.2) is 42.1 Å². The molecule has 1 heterocycles. The first-order valence-corrected chi connectivity index (χ1v) is 7.18. The number of rotatable bonds is 2.